The minimum Gasteiger partial charge on any atom is -0.355 e. The lowest BCUT2D eigenvalue weighted by atomic mass is 10.1. The minimum atomic E-state index is -0.330. The summed E-state index contributed by atoms with van der Waals surface area (Å²) in [5.74, 6) is -0.706. The molecule has 0 unspecified atom stereocenters. The third-order valence-corrected chi connectivity index (χ3v) is 4.23. The maximum atomic E-state index is 12.2. The molecule has 0 atom stereocenters. The van der Waals surface area contributed by atoms with E-state index >= 15 is 0 Å². The van der Waals surface area contributed by atoms with Crippen molar-refractivity contribution in [1.29, 1.82) is 0 Å². The molecular weight excluding hydrogens is 358 g/mol. The number of nitrogens with zero attached hydrogens (tertiary/aromatic N) is 1. The number of aromatic amines is 1. The van der Waals surface area contributed by atoms with Crippen LogP contribution in [0.3, 0.4) is 0 Å². The molecule has 0 bridgehead atoms. The monoisotopic (exact) mass is 379 g/mol. The number of nitrogens with one attached hydrogen (secondary N) is 4. The van der Waals surface area contributed by atoms with Gasteiger partial charge in [-0.15, -0.1) is 0 Å². The van der Waals surface area contributed by atoms with Crippen molar-refractivity contribution in [2.45, 2.75) is 13.0 Å². The topological polar surface area (TPSA) is 116 Å². The van der Waals surface area contributed by atoms with Crippen molar-refractivity contribution in [3.8, 4) is 0 Å². The predicted octanol–water partition coefficient (Wildman–Crippen LogP) is 1.36. The van der Waals surface area contributed by atoms with Gasteiger partial charge < -0.3 is 16.0 Å². The molecular formula is C20H21N5O3. The second-order valence-corrected chi connectivity index (χ2v) is 6.18. The maximum absolute atomic E-state index is 12.2. The summed E-state index contributed by atoms with van der Waals surface area (Å²) in [6, 6.07) is 14.4. The second-order valence-electron chi connectivity index (χ2n) is 6.18. The number of amides is 3. The molecule has 3 amide bonds. The lowest BCUT2D eigenvalue weighted by Crippen LogP contribution is -2.30. The van der Waals surface area contributed by atoms with Gasteiger partial charge in [-0.2, -0.15) is 5.10 Å². The number of hydrogen-bond acceptors (Lipinski definition) is 4. The average Bonchev–Trinajstić information content (AvgIpc) is 3.16. The van der Waals surface area contributed by atoms with E-state index in [9.17, 15) is 14.4 Å². The average molecular weight is 379 g/mol. The molecule has 0 aliphatic heterocycles. The Bertz CT molecular complexity index is 1010. The number of para-hydroxylation sites is 1. The first kappa shape index (κ1) is 19.1. The van der Waals surface area contributed by atoms with Crippen molar-refractivity contribution in [3.63, 3.8) is 0 Å². The molecule has 8 nitrogen and oxygen atoms in total. The molecule has 0 aliphatic carbocycles. The van der Waals surface area contributed by atoms with E-state index in [1.807, 2.05) is 30.3 Å². The lowest BCUT2D eigenvalue weighted by Gasteiger charge is -2.08. The number of fused-ring (bicyclic) bond motifs is 1. The van der Waals surface area contributed by atoms with Crippen LogP contribution in [0.15, 0.2) is 48.5 Å². The van der Waals surface area contributed by atoms with Gasteiger partial charge >= 0.3 is 0 Å². The fraction of sp³-hybridized carbons (Fsp3) is 0.200. The highest BCUT2D eigenvalue weighted by molar-refractivity contribution is 6.04. The Morgan fingerprint density at radius 1 is 1.00 bits per heavy atom. The maximum Gasteiger partial charge on any atom is 0.272 e. The van der Waals surface area contributed by atoms with Crippen LogP contribution >= 0.6 is 0 Å². The van der Waals surface area contributed by atoms with Gasteiger partial charge in [-0.3, -0.25) is 19.5 Å². The third-order valence-electron chi connectivity index (χ3n) is 4.23. The molecule has 2 aromatic carbocycles. The fourth-order valence-corrected chi connectivity index (χ4v) is 2.77. The van der Waals surface area contributed by atoms with Crippen molar-refractivity contribution < 1.29 is 14.4 Å². The highest BCUT2D eigenvalue weighted by Gasteiger charge is 2.13. The van der Waals surface area contributed by atoms with Gasteiger partial charge in [0.15, 0.2) is 5.69 Å². The third kappa shape index (κ3) is 4.53. The van der Waals surface area contributed by atoms with Crippen LogP contribution in [0.1, 0.15) is 32.8 Å². The number of aromatic nitrogens is 2. The molecule has 0 fully saturated rings. The quantitative estimate of drug-likeness (QED) is 0.496. The molecule has 4 N–H and O–H groups in total. The first-order valence-electron chi connectivity index (χ1n) is 8.87. The van der Waals surface area contributed by atoms with Gasteiger partial charge in [0.25, 0.3) is 11.8 Å². The van der Waals surface area contributed by atoms with Gasteiger partial charge in [-0.25, -0.2) is 0 Å². The summed E-state index contributed by atoms with van der Waals surface area (Å²) in [6.07, 6.45) is 0.142. The molecule has 144 valence electrons. The Kier molecular flexibility index (Phi) is 6.01. The standard InChI is InChI=1S/C20H21N5O3/c1-21-19(27)14-6-4-5-13(11-14)12-23-17(26)9-10-22-20(28)18-15-7-2-3-8-16(15)24-25-18/h2-8,11H,9-10,12H2,1H3,(H,21,27)(H,22,28)(H,23,26)(H,24,25). The molecule has 0 aliphatic rings. The number of rotatable bonds is 7. The fourth-order valence-electron chi connectivity index (χ4n) is 2.77. The van der Waals surface area contributed by atoms with Crippen LogP contribution in [0.5, 0.6) is 0 Å². The molecule has 8 heteroatoms. The largest absolute Gasteiger partial charge is 0.355 e. The van der Waals surface area contributed by atoms with E-state index < -0.39 is 0 Å². The zero-order chi connectivity index (χ0) is 19.9. The first-order valence-corrected chi connectivity index (χ1v) is 8.87. The molecule has 0 spiro atoms. The zero-order valence-electron chi connectivity index (χ0n) is 15.4. The molecule has 3 aromatic rings. The predicted molar refractivity (Wildman–Crippen MR) is 105 cm³/mol. The van der Waals surface area contributed by atoms with Crippen molar-refractivity contribution in [2.75, 3.05) is 13.6 Å². The number of carbonyl (C=O) groups excluding carboxylic acids is 3. The van der Waals surface area contributed by atoms with Gasteiger partial charge in [0.05, 0.1) is 5.52 Å². The summed E-state index contributed by atoms with van der Waals surface area (Å²) in [4.78, 5) is 35.9. The summed E-state index contributed by atoms with van der Waals surface area (Å²) >= 11 is 0. The summed E-state index contributed by atoms with van der Waals surface area (Å²) in [5, 5.41) is 15.6. The van der Waals surface area contributed by atoms with Crippen LogP contribution in [0.25, 0.3) is 10.9 Å². The van der Waals surface area contributed by atoms with Crippen LogP contribution in [0, 0.1) is 0 Å². The van der Waals surface area contributed by atoms with E-state index in [0.29, 0.717) is 17.8 Å². The highest BCUT2D eigenvalue weighted by atomic mass is 16.2. The van der Waals surface area contributed by atoms with Gasteiger partial charge in [0, 0.05) is 37.5 Å². The van der Waals surface area contributed by atoms with E-state index in [1.54, 1.807) is 25.2 Å². The van der Waals surface area contributed by atoms with Crippen molar-refractivity contribution >= 4 is 28.6 Å². The number of H-pyrrole nitrogens is 1. The molecule has 1 aromatic heterocycles. The first-order chi connectivity index (χ1) is 13.6. The summed E-state index contributed by atoms with van der Waals surface area (Å²) < 4.78 is 0. The zero-order valence-corrected chi connectivity index (χ0v) is 15.4. The molecule has 0 radical (unpaired) electrons. The van der Waals surface area contributed by atoms with Gasteiger partial charge in [-0.05, 0) is 23.8 Å². The second kappa shape index (κ2) is 8.81. The van der Waals surface area contributed by atoms with Gasteiger partial charge in [0.1, 0.15) is 0 Å². The lowest BCUT2D eigenvalue weighted by molar-refractivity contribution is -0.121. The smallest absolute Gasteiger partial charge is 0.272 e. The van der Waals surface area contributed by atoms with E-state index in [1.165, 1.54) is 0 Å². The number of benzene rings is 2. The molecule has 0 saturated carbocycles. The van der Waals surface area contributed by atoms with Crippen LogP contribution in [0.2, 0.25) is 0 Å². The Morgan fingerprint density at radius 3 is 2.64 bits per heavy atom. The van der Waals surface area contributed by atoms with E-state index in [2.05, 4.69) is 26.1 Å². The summed E-state index contributed by atoms with van der Waals surface area (Å²) in [6.45, 7) is 0.506. The van der Waals surface area contributed by atoms with E-state index in [0.717, 1.165) is 16.5 Å². The van der Waals surface area contributed by atoms with Crippen molar-refractivity contribution in [3.05, 3.63) is 65.4 Å². The van der Waals surface area contributed by atoms with Gasteiger partial charge in [0.2, 0.25) is 5.91 Å². The molecule has 1 heterocycles. The molecule has 28 heavy (non-hydrogen) atoms. The Balaban J connectivity index is 1.46. The molecule has 0 saturated heterocycles. The number of carbonyl (C=O) groups is 3. The highest BCUT2D eigenvalue weighted by Crippen LogP contribution is 2.14. The minimum absolute atomic E-state index is 0.142. The Hall–Kier alpha value is -3.68. The summed E-state index contributed by atoms with van der Waals surface area (Å²) in [5.41, 5.74) is 2.45. The Morgan fingerprint density at radius 2 is 1.82 bits per heavy atom. The summed E-state index contributed by atoms with van der Waals surface area (Å²) in [7, 11) is 1.57. The Labute approximate surface area is 161 Å². The molecule has 3 rings (SSSR count). The SMILES string of the molecule is CNC(=O)c1cccc(CNC(=O)CCNC(=O)c2n[nH]c3ccccc23)c1. The van der Waals surface area contributed by atoms with Crippen LogP contribution < -0.4 is 16.0 Å². The van der Waals surface area contributed by atoms with E-state index in [-0.39, 0.29) is 30.7 Å². The van der Waals surface area contributed by atoms with Gasteiger partial charge in [-0.1, -0.05) is 30.3 Å². The van der Waals surface area contributed by atoms with E-state index in [4.69, 9.17) is 0 Å². The normalized spacial score (nSPS) is 10.5. The van der Waals surface area contributed by atoms with Crippen LogP contribution in [-0.2, 0) is 11.3 Å². The van der Waals surface area contributed by atoms with Crippen molar-refractivity contribution in [1.82, 2.24) is 26.1 Å². The van der Waals surface area contributed by atoms with Crippen LogP contribution in [-0.4, -0.2) is 41.5 Å². The number of hydrogen-bond donors (Lipinski definition) is 4. The van der Waals surface area contributed by atoms with Crippen LogP contribution in [0.4, 0.5) is 0 Å². The van der Waals surface area contributed by atoms with Crippen molar-refractivity contribution in [2.24, 2.45) is 0 Å².